The van der Waals surface area contributed by atoms with Crippen molar-refractivity contribution in [1.82, 2.24) is 0 Å². The van der Waals surface area contributed by atoms with E-state index >= 15 is 0 Å². The molecule has 1 aliphatic heterocycles. The molecule has 6 atom stereocenters. The topological polar surface area (TPSA) is 112 Å². The lowest BCUT2D eigenvalue weighted by Gasteiger charge is -2.42. The van der Waals surface area contributed by atoms with E-state index in [1.807, 2.05) is 0 Å². The first kappa shape index (κ1) is 21.5. The Morgan fingerprint density at radius 3 is 1.71 bits per heavy atom. The van der Waals surface area contributed by atoms with Crippen LogP contribution in [0.3, 0.4) is 0 Å². The Morgan fingerprint density at radius 1 is 0.742 bits per heavy atom. The van der Waals surface area contributed by atoms with Crippen LogP contribution in [-0.4, -0.2) is 64.6 Å². The van der Waals surface area contributed by atoms with Gasteiger partial charge < -0.3 is 29.2 Å². The van der Waals surface area contributed by atoms with Gasteiger partial charge in [0.25, 0.3) is 0 Å². The number of fused-ring (bicyclic) bond motifs is 1. The Labute approximate surface area is 179 Å². The van der Waals surface area contributed by atoms with Gasteiger partial charge >= 0.3 is 11.9 Å². The van der Waals surface area contributed by atoms with Crippen molar-refractivity contribution in [3.8, 4) is 0 Å². The normalized spacial score (nSPS) is 31.5. The first-order valence-corrected chi connectivity index (χ1v) is 10.0. The minimum Gasteiger partial charge on any atom is -0.452 e. The molecule has 8 heteroatoms. The molecule has 2 fully saturated rings. The molecule has 0 bridgehead atoms. The van der Waals surface area contributed by atoms with Crippen LogP contribution in [0.25, 0.3) is 0 Å². The van der Waals surface area contributed by atoms with Crippen LogP contribution in [0.5, 0.6) is 0 Å². The predicted octanol–water partition coefficient (Wildman–Crippen LogP) is 1.69. The highest BCUT2D eigenvalue weighted by Crippen LogP contribution is 2.40. The number of rotatable bonds is 4. The van der Waals surface area contributed by atoms with Gasteiger partial charge in [0.2, 0.25) is 0 Å². The number of carbonyl (C=O) groups is 2. The lowest BCUT2D eigenvalue weighted by molar-refractivity contribution is -0.193. The molecule has 0 aromatic heterocycles. The van der Waals surface area contributed by atoms with Crippen molar-refractivity contribution < 1.29 is 38.7 Å². The maximum absolute atomic E-state index is 12.7. The van der Waals surface area contributed by atoms with E-state index in [4.69, 9.17) is 18.9 Å². The van der Waals surface area contributed by atoms with E-state index in [-0.39, 0.29) is 11.1 Å². The van der Waals surface area contributed by atoms with Crippen LogP contribution in [0.15, 0.2) is 60.7 Å². The van der Waals surface area contributed by atoms with Gasteiger partial charge in [0.05, 0.1) is 11.1 Å². The second-order valence-corrected chi connectivity index (χ2v) is 8.02. The molecule has 0 radical (unpaired) electrons. The third-order valence-corrected chi connectivity index (χ3v) is 5.34. The molecule has 4 rings (SSSR count). The maximum Gasteiger partial charge on any atom is 0.338 e. The number of benzene rings is 2. The van der Waals surface area contributed by atoms with E-state index < -0.39 is 54.3 Å². The van der Waals surface area contributed by atoms with Crippen molar-refractivity contribution in [3.63, 3.8) is 0 Å². The van der Waals surface area contributed by atoms with E-state index in [1.165, 1.54) is 0 Å². The zero-order chi connectivity index (χ0) is 22.2. The molecule has 8 nitrogen and oxygen atoms in total. The highest BCUT2D eigenvalue weighted by Gasteiger charge is 2.60. The Hall–Kier alpha value is -2.78. The van der Waals surface area contributed by atoms with Gasteiger partial charge in [0.1, 0.15) is 24.4 Å². The third kappa shape index (κ3) is 4.33. The van der Waals surface area contributed by atoms with Gasteiger partial charge in [-0.15, -0.1) is 0 Å². The van der Waals surface area contributed by atoms with E-state index in [1.54, 1.807) is 74.5 Å². The van der Waals surface area contributed by atoms with Crippen molar-refractivity contribution in [2.75, 3.05) is 0 Å². The summed E-state index contributed by atoms with van der Waals surface area (Å²) >= 11 is 0. The summed E-state index contributed by atoms with van der Waals surface area (Å²) in [6.45, 7) is 3.29. The average Bonchev–Trinajstić information content (AvgIpc) is 3.10. The highest BCUT2D eigenvalue weighted by atomic mass is 16.8. The SMILES string of the molecule is CC1(C)O[C@@H]2[C@@H](OC(=O)c3ccccc3)[C@H](OC(=O)c3ccccc3)[C@@H](O)[C@@H](O)[C@H]2O1. The van der Waals surface area contributed by atoms with Crippen LogP contribution in [0.4, 0.5) is 0 Å². The van der Waals surface area contributed by atoms with Crippen LogP contribution in [-0.2, 0) is 18.9 Å². The van der Waals surface area contributed by atoms with Gasteiger partial charge in [-0.3, -0.25) is 0 Å². The lowest BCUT2D eigenvalue weighted by atomic mass is 9.84. The first-order valence-electron chi connectivity index (χ1n) is 10.0. The Balaban J connectivity index is 1.64. The average molecular weight is 428 g/mol. The van der Waals surface area contributed by atoms with E-state index in [9.17, 15) is 19.8 Å². The molecule has 2 N–H and O–H groups in total. The number of hydrogen-bond donors (Lipinski definition) is 2. The number of aliphatic hydroxyl groups is 2. The van der Waals surface area contributed by atoms with Crippen molar-refractivity contribution in [2.45, 2.75) is 56.3 Å². The third-order valence-electron chi connectivity index (χ3n) is 5.34. The van der Waals surface area contributed by atoms with Gasteiger partial charge in [-0.25, -0.2) is 9.59 Å². The van der Waals surface area contributed by atoms with Gasteiger partial charge in [0.15, 0.2) is 18.0 Å². The van der Waals surface area contributed by atoms with Gasteiger partial charge in [-0.1, -0.05) is 36.4 Å². The molecule has 2 aromatic carbocycles. The first-order chi connectivity index (χ1) is 14.8. The zero-order valence-electron chi connectivity index (χ0n) is 17.1. The Bertz CT molecular complexity index is 929. The molecule has 1 aliphatic carbocycles. The monoisotopic (exact) mass is 428 g/mol. The van der Waals surface area contributed by atoms with Crippen LogP contribution in [0.1, 0.15) is 34.6 Å². The van der Waals surface area contributed by atoms with Crippen LogP contribution < -0.4 is 0 Å². The summed E-state index contributed by atoms with van der Waals surface area (Å²) in [6.07, 6.45) is -7.45. The van der Waals surface area contributed by atoms with Crippen LogP contribution in [0.2, 0.25) is 0 Å². The van der Waals surface area contributed by atoms with Crippen LogP contribution in [0, 0.1) is 0 Å². The molecular weight excluding hydrogens is 404 g/mol. The minimum absolute atomic E-state index is 0.253. The highest BCUT2D eigenvalue weighted by molar-refractivity contribution is 5.90. The predicted molar refractivity (Wildman–Crippen MR) is 107 cm³/mol. The smallest absolute Gasteiger partial charge is 0.338 e. The fraction of sp³-hybridized carbons (Fsp3) is 0.391. The van der Waals surface area contributed by atoms with Crippen LogP contribution >= 0.6 is 0 Å². The van der Waals surface area contributed by atoms with E-state index in [0.717, 1.165) is 0 Å². The summed E-state index contributed by atoms with van der Waals surface area (Å²) in [4.78, 5) is 25.4. The van der Waals surface area contributed by atoms with Gasteiger partial charge in [0, 0.05) is 0 Å². The molecule has 0 amide bonds. The summed E-state index contributed by atoms with van der Waals surface area (Å²) < 4.78 is 22.8. The minimum atomic E-state index is -1.56. The molecule has 164 valence electrons. The van der Waals surface area contributed by atoms with Gasteiger partial charge in [-0.05, 0) is 38.1 Å². The summed E-state index contributed by atoms with van der Waals surface area (Å²) in [6, 6.07) is 16.5. The number of esters is 2. The van der Waals surface area contributed by atoms with E-state index in [2.05, 4.69) is 0 Å². The largest absolute Gasteiger partial charge is 0.452 e. The number of ether oxygens (including phenoxy) is 4. The number of hydrogen-bond acceptors (Lipinski definition) is 8. The van der Waals surface area contributed by atoms with Gasteiger partial charge in [-0.2, -0.15) is 0 Å². The summed E-state index contributed by atoms with van der Waals surface area (Å²) in [5.74, 6) is -2.50. The molecule has 1 heterocycles. The molecular formula is C23H24O8. The van der Waals surface area contributed by atoms with Crippen molar-refractivity contribution >= 4 is 11.9 Å². The number of carbonyl (C=O) groups excluding carboxylic acids is 2. The molecule has 1 saturated heterocycles. The van der Waals surface area contributed by atoms with E-state index in [0.29, 0.717) is 0 Å². The fourth-order valence-corrected chi connectivity index (χ4v) is 3.91. The van der Waals surface area contributed by atoms with Crippen molar-refractivity contribution in [1.29, 1.82) is 0 Å². The second kappa shape index (κ2) is 8.39. The standard InChI is InChI=1S/C23H24O8/c1-23(2)30-18-16(25)15(24)17(28-21(26)13-9-5-3-6-10-13)19(20(18)31-23)29-22(27)14-11-7-4-8-12-14/h3-12,15-20,24-25H,1-2H3/t15-,16+,17+,18+,19-,20-/m0/s1. The summed E-state index contributed by atoms with van der Waals surface area (Å²) in [5, 5.41) is 21.4. The zero-order valence-corrected chi connectivity index (χ0v) is 17.1. The second-order valence-electron chi connectivity index (χ2n) is 8.02. The lowest BCUT2D eigenvalue weighted by Crippen LogP contribution is -2.64. The maximum atomic E-state index is 12.7. The van der Waals surface area contributed by atoms with Crippen molar-refractivity contribution in [2.24, 2.45) is 0 Å². The molecule has 0 unspecified atom stereocenters. The fourth-order valence-electron chi connectivity index (χ4n) is 3.91. The number of aliphatic hydroxyl groups excluding tert-OH is 2. The summed E-state index contributed by atoms with van der Waals surface area (Å²) in [5.41, 5.74) is 0.536. The molecule has 0 spiro atoms. The molecule has 1 saturated carbocycles. The van der Waals surface area contributed by atoms with Crippen molar-refractivity contribution in [3.05, 3.63) is 71.8 Å². The molecule has 2 aliphatic rings. The molecule has 2 aromatic rings. The Morgan fingerprint density at radius 2 is 1.19 bits per heavy atom. The molecule has 31 heavy (non-hydrogen) atoms. The quantitative estimate of drug-likeness (QED) is 0.708. The summed E-state index contributed by atoms with van der Waals surface area (Å²) in [7, 11) is 0. The Kier molecular flexibility index (Phi) is 5.81.